The molecule has 0 atom stereocenters. The van der Waals surface area contributed by atoms with Gasteiger partial charge in [-0.3, -0.25) is 4.55 Å². The Hall–Kier alpha value is -1.60. The highest BCUT2D eigenvalue weighted by atomic mass is 32.2. The van der Waals surface area contributed by atoms with Crippen LogP contribution in [0.3, 0.4) is 0 Å². The fraction of sp³-hybridized carbons (Fsp3) is 0.588. The highest BCUT2D eigenvalue weighted by Gasteiger charge is 2.19. The molecule has 0 aromatic heterocycles. The average molecular weight is 357 g/mol. The molecule has 0 aliphatic rings. The van der Waals surface area contributed by atoms with Gasteiger partial charge in [-0.2, -0.15) is 8.42 Å². The SMILES string of the molecule is Cc1ccc(S(=O)(=O)O)cc1CCCCN(C)C(=O)OC(C)(C)C. The maximum absolute atomic E-state index is 11.8. The molecule has 1 N–H and O–H groups in total. The molecule has 0 heterocycles. The third-order valence-electron chi connectivity index (χ3n) is 3.51. The lowest BCUT2D eigenvalue weighted by molar-refractivity contribution is 0.0296. The van der Waals surface area contributed by atoms with Gasteiger partial charge < -0.3 is 9.64 Å². The van der Waals surface area contributed by atoms with Gasteiger partial charge >= 0.3 is 6.09 Å². The fourth-order valence-corrected chi connectivity index (χ4v) is 2.70. The molecule has 7 heteroatoms. The van der Waals surface area contributed by atoms with Crippen LogP contribution in [0.1, 0.15) is 44.7 Å². The largest absolute Gasteiger partial charge is 0.444 e. The molecule has 1 amide bonds. The third-order valence-corrected chi connectivity index (χ3v) is 4.36. The standard InChI is InChI=1S/C17H27NO5S/c1-13-9-10-15(24(20,21)22)12-14(13)8-6-7-11-18(5)16(19)23-17(2,3)4/h9-10,12H,6-8,11H2,1-5H3,(H,20,21,22). The summed E-state index contributed by atoms with van der Waals surface area (Å²) < 4.78 is 36.8. The van der Waals surface area contributed by atoms with Crippen LogP contribution < -0.4 is 0 Å². The third kappa shape index (κ3) is 6.88. The van der Waals surface area contributed by atoms with Gasteiger partial charge in [0.25, 0.3) is 10.1 Å². The molecule has 0 bridgehead atoms. The summed E-state index contributed by atoms with van der Waals surface area (Å²) in [5.74, 6) is 0. The van der Waals surface area contributed by atoms with Crippen molar-refractivity contribution in [2.75, 3.05) is 13.6 Å². The first-order valence-electron chi connectivity index (χ1n) is 7.91. The molecule has 0 unspecified atom stereocenters. The first-order valence-corrected chi connectivity index (χ1v) is 9.35. The number of amides is 1. The highest BCUT2D eigenvalue weighted by molar-refractivity contribution is 7.85. The Labute approximate surface area is 144 Å². The molecular weight excluding hydrogens is 330 g/mol. The molecule has 0 saturated heterocycles. The van der Waals surface area contributed by atoms with Crippen molar-refractivity contribution in [1.29, 1.82) is 0 Å². The molecule has 6 nitrogen and oxygen atoms in total. The number of aryl methyl sites for hydroxylation is 2. The van der Waals surface area contributed by atoms with Gasteiger partial charge in [0.1, 0.15) is 5.60 Å². The van der Waals surface area contributed by atoms with Crippen LogP contribution in [0.2, 0.25) is 0 Å². The van der Waals surface area contributed by atoms with E-state index in [1.54, 1.807) is 13.1 Å². The lowest BCUT2D eigenvalue weighted by Gasteiger charge is -2.24. The van der Waals surface area contributed by atoms with E-state index in [1.165, 1.54) is 17.0 Å². The summed E-state index contributed by atoms with van der Waals surface area (Å²) in [7, 11) is -2.49. The van der Waals surface area contributed by atoms with Gasteiger partial charge in [-0.25, -0.2) is 4.79 Å². The number of hydrogen-bond donors (Lipinski definition) is 1. The molecule has 0 spiro atoms. The van der Waals surface area contributed by atoms with E-state index in [0.29, 0.717) is 13.0 Å². The van der Waals surface area contributed by atoms with Gasteiger partial charge in [0.15, 0.2) is 0 Å². The van der Waals surface area contributed by atoms with Crippen molar-refractivity contribution >= 4 is 16.2 Å². The van der Waals surface area contributed by atoms with Crippen molar-refractivity contribution < 1.29 is 22.5 Å². The normalized spacial score (nSPS) is 12.1. The minimum Gasteiger partial charge on any atom is -0.444 e. The molecule has 1 aromatic carbocycles. The number of benzene rings is 1. The second kappa shape index (κ2) is 7.98. The van der Waals surface area contributed by atoms with Crippen molar-refractivity contribution in [3.63, 3.8) is 0 Å². The van der Waals surface area contributed by atoms with Crippen molar-refractivity contribution in [2.24, 2.45) is 0 Å². The number of carbonyl (C=O) groups excluding carboxylic acids is 1. The second-order valence-corrected chi connectivity index (χ2v) is 8.34. The molecule has 1 aromatic rings. The lowest BCUT2D eigenvalue weighted by Crippen LogP contribution is -2.34. The first-order chi connectivity index (χ1) is 10.9. The van der Waals surface area contributed by atoms with E-state index in [1.807, 2.05) is 27.7 Å². The second-order valence-electron chi connectivity index (χ2n) is 6.92. The Balaban J connectivity index is 2.52. The minimum atomic E-state index is -4.18. The Morgan fingerprint density at radius 3 is 2.42 bits per heavy atom. The summed E-state index contributed by atoms with van der Waals surface area (Å²) in [5, 5.41) is 0. The summed E-state index contributed by atoms with van der Waals surface area (Å²) in [4.78, 5) is 13.3. The van der Waals surface area contributed by atoms with Gasteiger partial charge in [0, 0.05) is 13.6 Å². The number of ether oxygens (including phenoxy) is 1. The van der Waals surface area contributed by atoms with E-state index in [2.05, 4.69) is 0 Å². The Morgan fingerprint density at radius 1 is 1.25 bits per heavy atom. The summed E-state index contributed by atoms with van der Waals surface area (Å²) in [6.45, 7) is 7.93. The molecule has 0 radical (unpaired) electrons. The van der Waals surface area contributed by atoms with Crippen LogP contribution in [0.15, 0.2) is 23.1 Å². The molecule has 24 heavy (non-hydrogen) atoms. The van der Waals surface area contributed by atoms with E-state index in [-0.39, 0.29) is 11.0 Å². The summed E-state index contributed by atoms with van der Waals surface area (Å²) in [6.07, 6.45) is 1.89. The average Bonchev–Trinajstić information content (AvgIpc) is 2.41. The van der Waals surface area contributed by atoms with Crippen LogP contribution in [-0.4, -0.2) is 43.2 Å². The monoisotopic (exact) mass is 357 g/mol. The van der Waals surface area contributed by atoms with Crippen LogP contribution in [0.4, 0.5) is 4.79 Å². The smallest absolute Gasteiger partial charge is 0.410 e. The number of nitrogens with zero attached hydrogens (tertiary/aromatic N) is 1. The predicted molar refractivity (Wildman–Crippen MR) is 92.8 cm³/mol. The maximum Gasteiger partial charge on any atom is 0.410 e. The summed E-state index contributed by atoms with van der Waals surface area (Å²) in [6, 6.07) is 4.58. The first kappa shape index (κ1) is 20.4. The minimum absolute atomic E-state index is 0.0889. The Kier molecular flexibility index (Phi) is 6.80. The zero-order chi connectivity index (χ0) is 18.5. The van der Waals surface area contributed by atoms with Gasteiger partial charge in [0.2, 0.25) is 0 Å². The zero-order valence-electron chi connectivity index (χ0n) is 15.0. The van der Waals surface area contributed by atoms with Crippen LogP contribution in [0.5, 0.6) is 0 Å². The maximum atomic E-state index is 11.8. The van der Waals surface area contributed by atoms with Crippen LogP contribution in [0.25, 0.3) is 0 Å². The van der Waals surface area contributed by atoms with E-state index in [4.69, 9.17) is 9.29 Å². The molecule has 136 valence electrons. The molecule has 0 saturated carbocycles. The topological polar surface area (TPSA) is 83.9 Å². The molecule has 0 aliphatic heterocycles. The molecule has 0 fully saturated rings. The van der Waals surface area contributed by atoms with E-state index >= 15 is 0 Å². The number of hydrogen-bond acceptors (Lipinski definition) is 4. The van der Waals surface area contributed by atoms with Crippen molar-refractivity contribution in [2.45, 2.75) is 57.5 Å². The van der Waals surface area contributed by atoms with Crippen molar-refractivity contribution in [3.05, 3.63) is 29.3 Å². The number of unbranched alkanes of at least 4 members (excludes halogenated alkanes) is 1. The number of carbonyl (C=O) groups is 1. The van der Waals surface area contributed by atoms with Gasteiger partial charge in [0.05, 0.1) is 4.90 Å². The quantitative estimate of drug-likeness (QED) is 0.623. The zero-order valence-corrected chi connectivity index (χ0v) is 15.8. The van der Waals surface area contributed by atoms with Crippen LogP contribution >= 0.6 is 0 Å². The number of rotatable bonds is 6. The Morgan fingerprint density at radius 2 is 1.88 bits per heavy atom. The van der Waals surface area contributed by atoms with Crippen molar-refractivity contribution in [1.82, 2.24) is 4.90 Å². The van der Waals surface area contributed by atoms with E-state index in [9.17, 15) is 13.2 Å². The summed E-state index contributed by atoms with van der Waals surface area (Å²) in [5.41, 5.74) is 1.34. The summed E-state index contributed by atoms with van der Waals surface area (Å²) >= 11 is 0. The highest BCUT2D eigenvalue weighted by Crippen LogP contribution is 2.18. The fourth-order valence-electron chi connectivity index (χ4n) is 2.17. The van der Waals surface area contributed by atoms with Gasteiger partial charge in [-0.05, 0) is 70.2 Å². The van der Waals surface area contributed by atoms with Crippen molar-refractivity contribution in [3.8, 4) is 0 Å². The van der Waals surface area contributed by atoms with Crippen LogP contribution in [-0.2, 0) is 21.3 Å². The van der Waals surface area contributed by atoms with E-state index < -0.39 is 15.7 Å². The molecule has 1 rings (SSSR count). The Bertz CT molecular complexity index is 677. The predicted octanol–water partition coefficient (Wildman–Crippen LogP) is 3.43. The van der Waals surface area contributed by atoms with Gasteiger partial charge in [-0.15, -0.1) is 0 Å². The van der Waals surface area contributed by atoms with Crippen LogP contribution in [0, 0.1) is 6.92 Å². The lowest BCUT2D eigenvalue weighted by atomic mass is 10.0. The van der Waals surface area contributed by atoms with E-state index in [0.717, 1.165) is 24.0 Å². The molecule has 0 aliphatic carbocycles. The molecular formula is C17H27NO5S. The van der Waals surface area contributed by atoms with Gasteiger partial charge in [-0.1, -0.05) is 6.07 Å².